The Morgan fingerprint density at radius 2 is 1.94 bits per heavy atom. The molecule has 1 nitrogen and oxygen atoms in total. The van der Waals surface area contributed by atoms with E-state index in [0.29, 0.717) is 6.04 Å². The summed E-state index contributed by atoms with van der Waals surface area (Å²) >= 11 is 0. The Labute approximate surface area is 110 Å². The van der Waals surface area contributed by atoms with Gasteiger partial charge in [-0.1, -0.05) is 42.5 Å². The van der Waals surface area contributed by atoms with Crippen LogP contribution in [0.5, 0.6) is 0 Å². The van der Waals surface area contributed by atoms with Crippen LogP contribution >= 0.6 is 0 Å². The molecule has 1 atom stereocenters. The van der Waals surface area contributed by atoms with E-state index in [1.807, 2.05) is 13.1 Å². The van der Waals surface area contributed by atoms with Crippen LogP contribution in [0.2, 0.25) is 0 Å². The van der Waals surface area contributed by atoms with E-state index >= 15 is 0 Å². The Hall–Kier alpha value is -1.60. The van der Waals surface area contributed by atoms with E-state index in [-0.39, 0.29) is 0 Å². The first-order chi connectivity index (χ1) is 8.85. The molecule has 0 heterocycles. The summed E-state index contributed by atoms with van der Waals surface area (Å²) in [5.41, 5.74) is 1.38. The van der Waals surface area contributed by atoms with Gasteiger partial charge in [0.15, 0.2) is 0 Å². The molecule has 0 amide bonds. The molecule has 94 valence electrons. The maximum Gasteiger partial charge on any atom is 0.0317 e. The Balaban J connectivity index is 2.19. The van der Waals surface area contributed by atoms with Gasteiger partial charge in [0.1, 0.15) is 0 Å². The van der Waals surface area contributed by atoms with Gasteiger partial charge in [-0.3, -0.25) is 0 Å². The predicted molar refractivity (Wildman–Crippen MR) is 79.8 cm³/mol. The van der Waals surface area contributed by atoms with E-state index in [9.17, 15) is 0 Å². The van der Waals surface area contributed by atoms with E-state index < -0.39 is 0 Å². The molecule has 2 rings (SSSR count). The van der Waals surface area contributed by atoms with Crippen molar-refractivity contribution in [3.63, 3.8) is 0 Å². The molecule has 0 aliphatic carbocycles. The topological polar surface area (TPSA) is 12.0 Å². The van der Waals surface area contributed by atoms with Crippen molar-refractivity contribution in [1.82, 2.24) is 5.32 Å². The monoisotopic (exact) mass is 239 g/mol. The molecule has 0 aliphatic heterocycles. The van der Waals surface area contributed by atoms with Gasteiger partial charge in [0.05, 0.1) is 0 Å². The lowest BCUT2D eigenvalue weighted by Crippen LogP contribution is -2.16. The molecule has 2 aromatic carbocycles. The zero-order valence-corrected chi connectivity index (χ0v) is 11.0. The zero-order chi connectivity index (χ0) is 12.8. The number of unbranched alkanes of at least 4 members (excludes halogenated alkanes) is 1. The van der Waals surface area contributed by atoms with Crippen LogP contribution in [0.4, 0.5) is 0 Å². The van der Waals surface area contributed by atoms with Crippen LogP contribution in [0.3, 0.4) is 0 Å². The standard InChI is InChI=1S/C17H21N/c1-3-4-5-10-17(18-2)16-12-11-14-8-6-7-9-15(14)13-16/h3,6-9,11-13,17-18H,1,4-5,10H2,2H3. The minimum atomic E-state index is 0.439. The first kappa shape index (κ1) is 12.8. The Morgan fingerprint density at radius 3 is 2.67 bits per heavy atom. The van der Waals surface area contributed by atoms with Crippen molar-refractivity contribution in [2.24, 2.45) is 0 Å². The highest BCUT2D eigenvalue weighted by atomic mass is 14.9. The lowest BCUT2D eigenvalue weighted by Gasteiger charge is -2.17. The summed E-state index contributed by atoms with van der Waals surface area (Å²) in [7, 11) is 2.04. The van der Waals surface area contributed by atoms with Crippen molar-refractivity contribution < 1.29 is 0 Å². The Morgan fingerprint density at radius 1 is 1.17 bits per heavy atom. The lowest BCUT2D eigenvalue weighted by molar-refractivity contribution is 0.530. The van der Waals surface area contributed by atoms with Crippen molar-refractivity contribution in [2.75, 3.05) is 7.05 Å². The zero-order valence-electron chi connectivity index (χ0n) is 11.0. The average molecular weight is 239 g/mol. The molecule has 0 bridgehead atoms. The number of hydrogen-bond donors (Lipinski definition) is 1. The van der Waals surface area contributed by atoms with Crippen LogP contribution in [0, 0.1) is 0 Å². The fourth-order valence-electron chi connectivity index (χ4n) is 2.37. The van der Waals surface area contributed by atoms with Crippen LogP contribution in [0.25, 0.3) is 10.8 Å². The van der Waals surface area contributed by atoms with Crippen molar-refractivity contribution in [2.45, 2.75) is 25.3 Å². The predicted octanol–water partition coefficient (Wildman–Crippen LogP) is 4.46. The molecule has 1 unspecified atom stereocenters. The summed E-state index contributed by atoms with van der Waals surface area (Å²) in [6.07, 6.45) is 5.42. The fourth-order valence-corrected chi connectivity index (χ4v) is 2.37. The van der Waals surface area contributed by atoms with Gasteiger partial charge in [0, 0.05) is 6.04 Å². The average Bonchev–Trinajstić information content (AvgIpc) is 2.43. The van der Waals surface area contributed by atoms with E-state index in [4.69, 9.17) is 0 Å². The molecule has 0 aromatic heterocycles. The van der Waals surface area contributed by atoms with E-state index in [1.54, 1.807) is 0 Å². The molecular weight excluding hydrogens is 218 g/mol. The molecule has 0 saturated heterocycles. The number of rotatable bonds is 6. The number of allylic oxidation sites excluding steroid dienone is 1. The van der Waals surface area contributed by atoms with Crippen molar-refractivity contribution in [1.29, 1.82) is 0 Å². The molecule has 1 N–H and O–H groups in total. The summed E-state index contributed by atoms with van der Waals surface area (Å²) in [5.74, 6) is 0. The van der Waals surface area contributed by atoms with Gasteiger partial charge in [-0.05, 0) is 48.7 Å². The number of benzene rings is 2. The molecule has 2 aromatic rings. The number of nitrogens with one attached hydrogen (secondary N) is 1. The number of hydrogen-bond acceptors (Lipinski definition) is 1. The highest BCUT2D eigenvalue weighted by Gasteiger charge is 2.08. The molecule has 1 heteroatoms. The Kier molecular flexibility index (Phi) is 4.54. The highest BCUT2D eigenvalue weighted by Crippen LogP contribution is 2.23. The van der Waals surface area contributed by atoms with Gasteiger partial charge in [0.25, 0.3) is 0 Å². The quantitative estimate of drug-likeness (QED) is 0.580. The normalized spacial score (nSPS) is 12.5. The smallest absolute Gasteiger partial charge is 0.0317 e. The maximum absolute atomic E-state index is 3.78. The molecule has 18 heavy (non-hydrogen) atoms. The summed E-state index contributed by atoms with van der Waals surface area (Å²) in [6.45, 7) is 3.78. The molecule has 0 aliphatic rings. The van der Waals surface area contributed by atoms with E-state index in [0.717, 1.165) is 12.8 Å². The largest absolute Gasteiger partial charge is 0.313 e. The third-order valence-electron chi connectivity index (χ3n) is 3.43. The second kappa shape index (κ2) is 6.36. The molecular formula is C17H21N. The molecule has 0 saturated carbocycles. The minimum absolute atomic E-state index is 0.439. The van der Waals surface area contributed by atoms with Gasteiger partial charge in [0.2, 0.25) is 0 Å². The highest BCUT2D eigenvalue weighted by molar-refractivity contribution is 5.83. The van der Waals surface area contributed by atoms with Crippen molar-refractivity contribution in [3.8, 4) is 0 Å². The first-order valence-electron chi connectivity index (χ1n) is 6.62. The summed E-state index contributed by atoms with van der Waals surface area (Å²) in [4.78, 5) is 0. The second-order valence-electron chi connectivity index (χ2n) is 4.67. The van der Waals surface area contributed by atoms with Gasteiger partial charge in [-0.15, -0.1) is 6.58 Å². The van der Waals surface area contributed by atoms with Crippen LogP contribution in [-0.2, 0) is 0 Å². The summed E-state index contributed by atoms with van der Waals surface area (Å²) in [5, 5.41) is 6.03. The minimum Gasteiger partial charge on any atom is -0.313 e. The SMILES string of the molecule is C=CCCCC(NC)c1ccc2ccccc2c1. The van der Waals surface area contributed by atoms with Crippen LogP contribution in [0.1, 0.15) is 30.9 Å². The second-order valence-corrected chi connectivity index (χ2v) is 4.67. The van der Waals surface area contributed by atoms with Gasteiger partial charge >= 0.3 is 0 Å². The number of fused-ring (bicyclic) bond motifs is 1. The third-order valence-corrected chi connectivity index (χ3v) is 3.43. The van der Waals surface area contributed by atoms with Crippen LogP contribution in [0.15, 0.2) is 55.1 Å². The molecule has 0 fully saturated rings. The third kappa shape index (κ3) is 2.99. The van der Waals surface area contributed by atoms with Gasteiger partial charge in [-0.25, -0.2) is 0 Å². The fraction of sp³-hybridized carbons (Fsp3) is 0.294. The van der Waals surface area contributed by atoms with E-state index in [2.05, 4.69) is 54.4 Å². The Bertz CT molecular complexity index is 516. The van der Waals surface area contributed by atoms with Gasteiger partial charge in [-0.2, -0.15) is 0 Å². The van der Waals surface area contributed by atoms with Crippen LogP contribution < -0.4 is 5.32 Å². The lowest BCUT2D eigenvalue weighted by atomic mass is 9.98. The van der Waals surface area contributed by atoms with Crippen LogP contribution in [-0.4, -0.2) is 7.05 Å². The first-order valence-corrected chi connectivity index (χ1v) is 6.62. The van der Waals surface area contributed by atoms with Crippen molar-refractivity contribution in [3.05, 3.63) is 60.7 Å². The molecule has 0 radical (unpaired) electrons. The summed E-state index contributed by atoms with van der Waals surface area (Å²) in [6, 6.07) is 15.7. The maximum atomic E-state index is 3.78. The summed E-state index contributed by atoms with van der Waals surface area (Å²) < 4.78 is 0. The molecule has 0 spiro atoms. The van der Waals surface area contributed by atoms with E-state index in [1.165, 1.54) is 22.8 Å². The van der Waals surface area contributed by atoms with Gasteiger partial charge < -0.3 is 5.32 Å². The van der Waals surface area contributed by atoms with Crippen molar-refractivity contribution >= 4 is 10.8 Å².